The molecule has 3 heterocycles. The molecule has 0 N–H and O–H groups in total. The Morgan fingerprint density at radius 1 is 1.00 bits per heavy atom. The lowest BCUT2D eigenvalue weighted by Gasteiger charge is -2.18. The van der Waals surface area contributed by atoms with E-state index in [0.717, 1.165) is 34.6 Å². The minimum Gasteiger partial charge on any atom is -0.355 e. The lowest BCUT2D eigenvalue weighted by atomic mass is 10.0. The molecule has 1 aromatic carbocycles. The highest BCUT2D eigenvalue weighted by Crippen LogP contribution is 2.26. The first-order chi connectivity index (χ1) is 13.1. The minimum atomic E-state index is -0.446. The molecule has 0 bridgehead atoms. The largest absolute Gasteiger partial charge is 0.355 e. The molecule has 0 aliphatic rings. The third kappa shape index (κ3) is 3.53. The maximum absolute atomic E-state index is 12.8. The third-order valence-corrected chi connectivity index (χ3v) is 4.71. The molecule has 0 saturated heterocycles. The highest BCUT2D eigenvalue weighted by molar-refractivity contribution is 5.80. The molecular formula is C22H21FN4. The number of hydrogen-bond acceptors (Lipinski definition) is 3. The number of hydrogen-bond donors (Lipinski definition) is 0. The van der Waals surface area contributed by atoms with Crippen molar-refractivity contribution in [1.29, 1.82) is 0 Å². The molecule has 3 aromatic heterocycles. The predicted molar refractivity (Wildman–Crippen MR) is 107 cm³/mol. The minimum absolute atomic E-state index is 0.446. The van der Waals surface area contributed by atoms with Crippen LogP contribution in [0.5, 0.6) is 0 Å². The first-order valence-electron chi connectivity index (χ1n) is 8.89. The summed E-state index contributed by atoms with van der Waals surface area (Å²) in [5.41, 5.74) is 6.12. The van der Waals surface area contributed by atoms with Crippen LogP contribution < -0.4 is 4.90 Å². The van der Waals surface area contributed by atoms with Gasteiger partial charge in [-0.1, -0.05) is 30.3 Å². The fourth-order valence-corrected chi connectivity index (χ4v) is 3.16. The predicted octanol–water partition coefficient (Wildman–Crippen LogP) is 4.81. The second-order valence-corrected chi connectivity index (χ2v) is 6.80. The molecule has 0 unspecified atom stereocenters. The highest BCUT2D eigenvalue weighted by atomic mass is 19.1. The standard InChI is InChI=1S/C22H21FN4/c1-16-3-8-22(24-13-16)26(2)15-18-9-10-27-21(11-18)20(14-25-27)19-6-4-17(12-23)5-7-19/h3-11,13-14H,12,15H2,1-2H3. The van der Waals surface area contributed by atoms with Crippen molar-refractivity contribution in [1.82, 2.24) is 14.6 Å². The Bertz CT molecular complexity index is 1050. The Hall–Kier alpha value is -3.21. The van der Waals surface area contributed by atoms with Gasteiger partial charge >= 0.3 is 0 Å². The van der Waals surface area contributed by atoms with Crippen molar-refractivity contribution in [2.24, 2.45) is 0 Å². The van der Waals surface area contributed by atoms with E-state index in [9.17, 15) is 4.39 Å². The van der Waals surface area contributed by atoms with Crippen molar-refractivity contribution < 1.29 is 4.39 Å². The van der Waals surface area contributed by atoms with E-state index >= 15 is 0 Å². The fourth-order valence-electron chi connectivity index (χ4n) is 3.16. The number of fused-ring (bicyclic) bond motifs is 1. The number of halogens is 1. The van der Waals surface area contributed by atoms with Crippen LogP contribution in [0.4, 0.5) is 10.2 Å². The molecule has 0 aliphatic heterocycles. The maximum Gasteiger partial charge on any atom is 0.128 e. The molecule has 0 radical (unpaired) electrons. The van der Waals surface area contributed by atoms with Gasteiger partial charge in [-0.25, -0.2) is 13.9 Å². The van der Waals surface area contributed by atoms with Crippen LogP contribution >= 0.6 is 0 Å². The number of rotatable bonds is 5. The van der Waals surface area contributed by atoms with Crippen LogP contribution in [-0.4, -0.2) is 21.6 Å². The summed E-state index contributed by atoms with van der Waals surface area (Å²) in [5, 5.41) is 4.44. The summed E-state index contributed by atoms with van der Waals surface area (Å²) in [4.78, 5) is 6.61. The molecule has 0 atom stereocenters. The van der Waals surface area contributed by atoms with Crippen LogP contribution in [0.25, 0.3) is 16.6 Å². The van der Waals surface area contributed by atoms with Gasteiger partial charge in [0.2, 0.25) is 0 Å². The highest BCUT2D eigenvalue weighted by Gasteiger charge is 2.09. The Morgan fingerprint density at radius 3 is 2.52 bits per heavy atom. The topological polar surface area (TPSA) is 33.4 Å². The summed E-state index contributed by atoms with van der Waals surface area (Å²) >= 11 is 0. The second-order valence-electron chi connectivity index (χ2n) is 6.80. The van der Waals surface area contributed by atoms with Crippen molar-refractivity contribution in [2.45, 2.75) is 20.1 Å². The molecule has 0 spiro atoms. The van der Waals surface area contributed by atoms with Crippen molar-refractivity contribution in [3.05, 3.63) is 83.8 Å². The van der Waals surface area contributed by atoms with Crippen molar-refractivity contribution in [3.63, 3.8) is 0 Å². The third-order valence-electron chi connectivity index (χ3n) is 4.71. The summed E-state index contributed by atoms with van der Waals surface area (Å²) in [7, 11) is 2.04. The summed E-state index contributed by atoms with van der Waals surface area (Å²) in [6, 6.07) is 15.8. The Balaban J connectivity index is 1.64. The van der Waals surface area contributed by atoms with Crippen LogP contribution in [0.1, 0.15) is 16.7 Å². The molecule has 0 amide bonds. The zero-order chi connectivity index (χ0) is 18.8. The maximum atomic E-state index is 12.8. The number of pyridine rings is 2. The molecule has 4 nitrogen and oxygen atoms in total. The number of aryl methyl sites for hydroxylation is 1. The quantitative estimate of drug-likeness (QED) is 0.512. The normalized spacial score (nSPS) is 11.1. The van der Waals surface area contributed by atoms with E-state index in [-0.39, 0.29) is 0 Å². The lowest BCUT2D eigenvalue weighted by Crippen LogP contribution is -2.17. The van der Waals surface area contributed by atoms with Gasteiger partial charge in [-0.05, 0) is 47.4 Å². The van der Waals surface area contributed by atoms with Gasteiger partial charge in [0.1, 0.15) is 12.5 Å². The van der Waals surface area contributed by atoms with E-state index in [1.807, 2.05) is 67.4 Å². The van der Waals surface area contributed by atoms with Crippen LogP contribution in [0.3, 0.4) is 0 Å². The number of alkyl halides is 1. The van der Waals surface area contributed by atoms with Gasteiger partial charge in [0.15, 0.2) is 0 Å². The first-order valence-corrected chi connectivity index (χ1v) is 8.89. The number of anilines is 1. The van der Waals surface area contributed by atoms with Crippen molar-refractivity contribution in [2.75, 3.05) is 11.9 Å². The van der Waals surface area contributed by atoms with Crippen LogP contribution in [0.15, 0.2) is 67.1 Å². The SMILES string of the molecule is Cc1ccc(N(C)Cc2ccn3ncc(-c4ccc(CF)cc4)c3c2)nc1. The Morgan fingerprint density at radius 2 is 1.81 bits per heavy atom. The van der Waals surface area contributed by atoms with E-state index in [1.54, 1.807) is 0 Å². The molecule has 5 heteroatoms. The zero-order valence-electron chi connectivity index (χ0n) is 15.4. The van der Waals surface area contributed by atoms with Gasteiger partial charge in [-0.15, -0.1) is 0 Å². The molecule has 136 valence electrons. The van der Waals surface area contributed by atoms with Crippen molar-refractivity contribution >= 4 is 11.3 Å². The molecule has 0 saturated carbocycles. The van der Waals surface area contributed by atoms with E-state index in [4.69, 9.17) is 0 Å². The average Bonchev–Trinajstić information content (AvgIpc) is 3.12. The fraction of sp³-hybridized carbons (Fsp3) is 0.182. The summed E-state index contributed by atoms with van der Waals surface area (Å²) < 4.78 is 14.6. The van der Waals surface area contributed by atoms with Crippen LogP contribution in [-0.2, 0) is 13.2 Å². The molecular weight excluding hydrogens is 339 g/mol. The summed E-state index contributed by atoms with van der Waals surface area (Å²) in [6.07, 6.45) is 5.71. The van der Waals surface area contributed by atoms with E-state index in [0.29, 0.717) is 5.56 Å². The van der Waals surface area contributed by atoms with Gasteiger partial charge in [-0.2, -0.15) is 5.10 Å². The smallest absolute Gasteiger partial charge is 0.128 e. The number of nitrogens with zero attached hydrogens (tertiary/aromatic N) is 4. The number of aromatic nitrogens is 3. The monoisotopic (exact) mass is 360 g/mol. The number of benzene rings is 1. The van der Waals surface area contributed by atoms with Gasteiger partial charge < -0.3 is 4.90 Å². The Labute approximate surface area is 157 Å². The van der Waals surface area contributed by atoms with E-state index in [2.05, 4.69) is 33.2 Å². The van der Waals surface area contributed by atoms with Crippen LogP contribution in [0, 0.1) is 6.92 Å². The van der Waals surface area contributed by atoms with Crippen LogP contribution in [0.2, 0.25) is 0 Å². The molecule has 0 aliphatic carbocycles. The average molecular weight is 360 g/mol. The van der Waals surface area contributed by atoms with Gasteiger partial charge in [0.05, 0.1) is 11.7 Å². The van der Waals surface area contributed by atoms with Crippen molar-refractivity contribution in [3.8, 4) is 11.1 Å². The Kier molecular flexibility index (Phi) is 4.59. The van der Waals surface area contributed by atoms with Gasteiger partial charge in [-0.3, -0.25) is 0 Å². The lowest BCUT2D eigenvalue weighted by molar-refractivity contribution is 0.485. The van der Waals surface area contributed by atoms with E-state index in [1.165, 1.54) is 5.56 Å². The second kappa shape index (κ2) is 7.19. The summed E-state index contributed by atoms with van der Waals surface area (Å²) in [5.74, 6) is 0.941. The van der Waals surface area contributed by atoms with E-state index < -0.39 is 6.67 Å². The molecule has 4 rings (SSSR count). The molecule has 27 heavy (non-hydrogen) atoms. The summed E-state index contributed by atoms with van der Waals surface area (Å²) in [6.45, 7) is 2.34. The first kappa shape index (κ1) is 17.2. The van der Waals surface area contributed by atoms with Gasteiger partial charge in [0, 0.05) is 31.5 Å². The zero-order valence-corrected chi connectivity index (χ0v) is 15.4. The molecule has 4 aromatic rings. The molecule has 0 fully saturated rings. The van der Waals surface area contributed by atoms with Gasteiger partial charge in [0.25, 0.3) is 0 Å².